The van der Waals surface area contributed by atoms with E-state index in [0.717, 1.165) is 17.8 Å². The van der Waals surface area contributed by atoms with Crippen LogP contribution in [-0.2, 0) is 19.9 Å². The highest BCUT2D eigenvalue weighted by atomic mass is 35.5. The van der Waals surface area contributed by atoms with Crippen LogP contribution in [0.1, 0.15) is 18.3 Å². The summed E-state index contributed by atoms with van der Waals surface area (Å²) >= 11 is 6.14. The summed E-state index contributed by atoms with van der Waals surface area (Å²) in [6.07, 6.45) is 1.34. The Labute approximate surface area is 94.5 Å². The fourth-order valence-electron chi connectivity index (χ4n) is 1.50. The molecule has 0 saturated carbocycles. The Morgan fingerprint density at radius 3 is 2.40 bits per heavy atom. The molecule has 0 spiro atoms. The lowest BCUT2D eigenvalue weighted by Crippen LogP contribution is -2.16. The highest BCUT2D eigenvalue weighted by Crippen LogP contribution is 2.23. The molecule has 1 aromatic heterocycles. The monoisotopic (exact) mass is 232 g/mol. The normalized spacial score (nSPS) is 11.3. The third-order valence-electron chi connectivity index (χ3n) is 2.50. The molecule has 5 heteroatoms. The fraction of sp³-hybridized carbons (Fsp3) is 0.700. The maximum Gasteiger partial charge on any atom is 0.0849 e. The van der Waals surface area contributed by atoms with Gasteiger partial charge in [-0.05, 0) is 12.8 Å². The van der Waals surface area contributed by atoms with Gasteiger partial charge in [0.25, 0.3) is 0 Å². The van der Waals surface area contributed by atoms with Crippen LogP contribution in [0.3, 0.4) is 0 Å². The second kappa shape index (κ2) is 5.49. The second-order valence-electron chi connectivity index (χ2n) is 3.62. The average molecular weight is 233 g/mol. The summed E-state index contributed by atoms with van der Waals surface area (Å²) in [5, 5.41) is 22.9. The first-order valence-corrected chi connectivity index (χ1v) is 5.43. The van der Waals surface area contributed by atoms with Crippen molar-refractivity contribution in [2.24, 2.45) is 13.0 Å². The molecule has 0 aliphatic carbocycles. The van der Waals surface area contributed by atoms with E-state index in [4.69, 9.17) is 21.8 Å². The Morgan fingerprint density at radius 2 is 2.00 bits per heavy atom. The molecular weight excluding hydrogens is 216 g/mol. The lowest BCUT2D eigenvalue weighted by Gasteiger charge is -2.10. The van der Waals surface area contributed by atoms with Crippen molar-refractivity contribution in [3.05, 3.63) is 16.4 Å². The quantitative estimate of drug-likeness (QED) is 0.789. The molecule has 0 fully saturated rings. The number of nitrogens with zero attached hydrogens (tertiary/aromatic N) is 2. The molecule has 0 unspecified atom stereocenters. The predicted molar refractivity (Wildman–Crippen MR) is 59.0 cm³/mol. The largest absolute Gasteiger partial charge is 0.396 e. The van der Waals surface area contributed by atoms with Gasteiger partial charge in [0.2, 0.25) is 0 Å². The van der Waals surface area contributed by atoms with Gasteiger partial charge >= 0.3 is 0 Å². The van der Waals surface area contributed by atoms with Crippen molar-refractivity contribution in [3.8, 4) is 0 Å². The van der Waals surface area contributed by atoms with Crippen LogP contribution in [0.5, 0.6) is 0 Å². The number of hydrogen-bond donors (Lipinski definition) is 2. The van der Waals surface area contributed by atoms with Gasteiger partial charge in [0.1, 0.15) is 0 Å². The minimum absolute atomic E-state index is 0.0422. The summed E-state index contributed by atoms with van der Waals surface area (Å²) in [6.45, 7) is 1.91. The summed E-state index contributed by atoms with van der Waals surface area (Å²) in [5.74, 6) is -0.164. The Balaban J connectivity index is 2.88. The minimum atomic E-state index is -0.164. The van der Waals surface area contributed by atoms with Crippen LogP contribution in [-0.4, -0.2) is 33.2 Å². The molecule has 0 saturated heterocycles. The maximum absolute atomic E-state index is 9.00. The highest BCUT2D eigenvalue weighted by molar-refractivity contribution is 6.31. The summed E-state index contributed by atoms with van der Waals surface area (Å²) in [5.41, 5.74) is 1.74. The van der Waals surface area contributed by atoms with Crippen LogP contribution in [0.25, 0.3) is 0 Å². The van der Waals surface area contributed by atoms with E-state index >= 15 is 0 Å². The van der Waals surface area contributed by atoms with Gasteiger partial charge in [0, 0.05) is 26.2 Å². The zero-order valence-corrected chi connectivity index (χ0v) is 9.83. The molecule has 0 bridgehead atoms. The molecule has 15 heavy (non-hydrogen) atoms. The SMILES string of the molecule is CCc1nn(C)c(CC(CO)CO)c1Cl. The fourth-order valence-corrected chi connectivity index (χ4v) is 1.87. The molecule has 0 aromatic carbocycles. The first-order chi connectivity index (χ1) is 7.13. The molecule has 0 aliphatic rings. The van der Waals surface area contributed by atoms with E-state index in [9.17, 15) is 0 Å². The third kappa shape index (κ3) is 2.71. The van der Waals surface area contributed by atoms with E-state index in [2.05, 4.69) is 5.10 Å². The van der Waals surface area contributed by atoms with Crippen LogP contribution in [0.2, 0.25) is 5.02 Å². The molecule has 1 rings (SSSR count). The van der Waals surface area contributed by atoms with Gasteiger partial charge in [-0.2, -0.15) is 5.10 Å². The van der Waals surface area contributed by atoms with E-state index in [0.29, 0.717) is 11.4 Å². The van der Waals surface area contributed by atoms with Crippen LogP contribution < -0.4 is 0 Å². The molecule has 0 radical (unpaired) electrons. The Hall–Kier alpha value is -0.580. The van der Waals surface area contributed by atoms with Crippen molar-refractivity contribution in [1.29, 1.82) is 0 Å². The number of rotatable bonds is 5. The number of aliphatic hydroxyl groups is 2. The smallest absolute Gasteiger partial charge is 0.0849 e. The minimum Gasteiger partial charge on any atom is -0.396 e. The van der Waals surface area contributed by atoms with Crippen LogP contribution in [0.4, 0.5) is 0 Å². The third-order valence-corrected chi connectivity index (χ3v) is 2.94. The van der Waals surface area contributed by atoms with E-state index in [-0.39, 0.29) is 19.1 Å². The van der Waals surface area contributed by atoms with Gasteiger partial charge in [-0.15, -0.1) is 0 Å². The Kier molecular flexibility index (Phi) is 4.57. The number of aromatic nitrogens is 2. The maximum atomic E-state index is 9.00. The van der Waals surface area contributed by atoms with Crippen molar-refractivity contribution in [1.82, 2.24) is 9.78 Å². The van der Waals surface area contributed by atoms with E-state index < -0.39 is 0 Å². The lowest BCUT2D eigenvalue weighted by atomic mass is 10.1. The molecular formula is C10H17ClN2O2. The summed E-state index contributed by atoms with van der Waals surface area (Å²) in [7, 11) is 1.83. The molecule has 0 aliphatic heterocycles. The Bertz CT molecular complexity index is 321. The van der Waals surface area contributed by atoms with Crippen LogP contribution >= 0.6 is 11.6 Å². The number of halogens is 1. The number of hydrogen-bond acceptors (Lipinski definition) is 3. The van der Waals surface area contributed by atoms with Crippen molar-refractivity contribution in [3.63, 3.8) is 0 Å². The van der Waals surface area contributed by atoms with E-state index in [1.165, 1.54) is 0 Å². The van der Waals surface area contributed by atoms with Gasteiger partial charge < -0.3 is 10.2 Å². The predicted octanol–water partition coefficient (Wildman–Crippen LogP) is 0.779. The van der Waals surface area contributed by atoms with Gasteiger partial charge in [0.05, 0.1) is 16.4 Å². The average Bonchev–Trinajstić information content (AvgIpc) is 2.51. The zero-order chi connectivity index (χ0) is 11.4. The molecule has 0 atom stereocenters. The summed E-state index contributed by atoms with van der Waals surface area (Å²) in [4.78, 5) is 0. The first kappa shape index (κ1) is 12.5. The molecule has 1 aromatic rings. The van der Waals surface area contributed by atoms with Gasteiger partial charge in [-0.3, -0.25) is 4.68 Å². The van der Waals surface area contributed by atoms with Gasteiger partial charge in [-0.25, -0.2) is 0 Å². The molecule has 86 valence electrons. The van der Waals surface area contributed by atoms with Gasteiger partial charge in [-0.1, -0.05) is 18.5 Å². The van der Waals surface area contributed by atoms with Crippen LogP contribution in [0, 0.1) is 5.92 Å². The number of aryl methyl sites for hydroxylation is 2. The molecule has 4 nitrogen and oxygen atoms in total. The first-order valence-electron chi connectivity index (χ1n) is 5.05. The standard InChI is InChI=1S/C10H17ClN2O2/c1-3-8-10(11)9(13(2)12-8)4-7(5-14)6-15/h7,14-15H,3-6H2,1-2H3. The van der Waals surface area contributed by atoms with Crippen molar-refractivity contribution < 1.29 is 10.2 Å². The number of aliphatic hydroxyl groups excluding tert-OH is 2. The highest BCUT2D eigenvalue weighted by Gasteiger charge is 2.16. The second-order valence-corrected chi connectivity index (χ2v) is 4.00. The van der Waals surface area contributed by atoms with E-state index in [1.807, 2.05) is 14.0 Å². The van der Waals surface area contributed by atoms with Crippen molar-refractivity contribution in [2.75, 3.05) is 13.2 Å². The Morgan fingerprint density at radius 1 is 1.40 bits per heavy atom. The molecule has 0 amide bonds. The lowest BCUT2D eigenvalue weighted by molar-refractivity contribution is 0.148. The molecule has 2 N–H and O–H groups in total. The van der Waals surface area contributed by atoms with Crippen LogP contribution in [0.15, 0.2) is 0 Å². The summed E-state index contributed by atoms with van der Waals surface area (Å²) in [6, 6.07) is 0. The van der Waals surface area contributed by atoms with E-state index in [1.54, 1.807) is 4.68 Å². The van der Waals surface area contributed by atoms with Gasteiger partial charge in [0.15, 0.2) is 0 Å². The van der Waals surface area contributed by atoms with Crippen molar-refractivity contribution >= 4 is 11.6 Å². The van der Waals surface area contributed by atoms with Crippen molar-refractivity contribution in [2.45, 2.75) is 19.8 Å². The molecule has 1 heterocycles. The topological polar surface area (TPSA) is 58.3 Å². The summed E-state index contributed by atoms with van der Waals surface area (Å²) < 4.78 is 1.72. The zero-order valence-electron chi connectivity index (χ0n) is 9.07.